The molecule has 2 aromatic rings. The summed E-state index contributed by atoms with van der Waals surface area (Å²) in [5, 5.41) is 0.837. The first-order chi connectivity index (χ1) is 14.2. The van der Waals surface area contributed by atoms with Crippen molar-refractivity contribution in [3.8, 4) is 5.75 Å². The number of hydrogen-bond acceptors (Lipinski definition) is 4. The standard InChI is InChI=1S/C21H22Cl2FNO4S/c1-2-19(29-20-6-4-3-5-18(20)24)21(26)25(16-9-10-30(27,28)13-16)12-14-7-8-15(22)11-17(14)23/h3-8,11,16,19H,2,9-10,12-13H2,1H3/t16-,19-/m1/s1. The molecule has 0 aromatic heterocycles. The smallest absolute Gasteiger partial charge is 0.264 e. The summed E-state index contributed by atoms with van der Waals surface area (Å²) in [6, 6.07) is 10.3. The number of carbonyl (C=O) groups excluding carboxylic acids is 1. The van der Waals surface area contributed by atoms with Crippen molar-refractivity contribution in [2.45, 2.75) is 38.5 Å². The molecule has 9 heteroatoms. The minimum atomic E-state index is -3.23. The zero-order chi connectivity index (χ0) is 21.9. The van der Waals surface area contributed by atoms with Gasteiger partial charge in [0, 0.05) is 22.6 Å². The molecule has 0 bridgehead atoms. The lowest BCUT2D eigenvalue weighted by molar-refractivity contribution is -0.141. The van der Waals surface area contributed by atoms with E-state index < -0.39 is 33.7 Å². The van der Waals surface area contributed by atoms with Gasteiger partial charge in [-0.05, 0) is 42.7 Å². The summed E-state index contributed by atoms with van der Waals surface area (Å²) in [4.78, 5) is 14.9. The Labute approximate surface area is 185 Å². The van der Waals surface area contributed by atoms with Gasteiger partial charge in [-0.25, -0.2) is 12.8 Å². The maximum absolute atomic E-state index is 14.0. The Kier molecular flexibility index (Phi) is 7.26. The van der Waals surface area contributed by atoms with Gasteiger partial charge in [0.05, 0.1) is 11.5 Å². The third kappa shape index (κ3) is 5.45. The Hall–Kier alpha value is -1.83. The molecular weight excluding hydrogens is 452 g/mol. The number of nitrogens with zero attached hydrogens (tertiary/aromatic N) is 1. The van der Waals surface area contributed by atoms with Gasteiger partial charge in [-0.15, -0.1) is 0 Å². The van der Waals surface area contributed by atoms with Crippen LogP contribution in [0.4, 0.5) is 4.39 Å². The molecule has 0 radical (unpaired) electrons. The number of amides is 1. The quantitative estimate of drug-likeness (QED) is 0.593. The fourth-order valence-electron chi connectivity index (χ4n) is 3.43. The summed E-state index contributed by atoms with van der Waals surface area (Å²) in [6.45, 7) is 1.86. The highest BCUT2D eigenvalue weighted by molar-refractivity contribution is 7.91. The number of carbonyl (C=O) groups is 1. The van der Waals surface area contributed by atoms with E-state index in [1.54, 1.807) is 31.2 Å². The summed E-state index contributed by atoms with van der Waals surface area (Å²) in [5.74, 6) is -1.12. The van der Waals surface area contributed by atoms with Gasteiger partial charge in [0.25, 0.3) is 5.91 Å². The van der Waals surface area contributed by atoms with Crippen molar-refractivity contribution in [1.82, 2.24) is 4.90 Å². The maximum Gasteiger partial charge on any atom is 0.264 e. The second kappa shape index (κ2) is 9.54. The van der Waals surface area contributed by atoms with Crippen LogP contribution in [0.5, 0.6) is 5.75 Å². The summed E-state index contributed by atoms with van der Waals surface area (Å²) in [6.07, 6.45) is -0.344. The molecule has 3 rings (SSSR count). The van der Waals surface area contributed by atoms with Crippen molar-refractivity contribution >= 4 is 38.9 Å². The number of para-hydroxylation sites is 1. The lowest BCUT2D eigenvalue weighted by atomic mass is 10.1. The van der Waals surface area contributed by atoms with E-state index in [1.165, 1.54) is 23.1 Å². The molecule has 5 nitrogen and oxygen atoms in total. The number of hydrogen-bond donors (Lipinski definition) is 0. The molecule has 1 aliphatic rings. The van der Waals surface area contributed by atoms with Crippen LogP contribution >= 0.6 is 23.2 Å². The van der Waals surface area contributed by atoms with Gasteiger partial charge in [0.15, 0.2) is 27.5 Å². The molecule has 1 fully saturated rings. The van der Waals surface area contributed by atoms with Crippen molar-refractivity contribution in [1.29, 1.82) is 0 Å². The average Bonchev–Trinajstić information content (AvgIpc) is 3.05. The van der Waals surface area contributed by atoms with E-state index in [2.05, 4.69) is 0 Å². The van der Waals surface area contributed by atoms with E-state index in [0.29, 0.717) is 22.0 Å². The number of halogens is 3. The Morgan fingerprint density at radius 1 is 1.27 bits per heavy atom. The van der Waals surface area contributed by atoms with E-state index in [9.17, 15) is 17.6 Å². The Bertz CT molecular complexity index is 1030. The second-order valence-corrected chi connectivity index (χ2v) is 10.3. The van der Waals surface area contributed by atoms with Crippen LogP contribution in [0.2, 0.25) is 10.0 Å². The van der Waals surface area contributed by atoms with Crippen LogP contribution in [-0.2, 0) is 21.2 Å². The highest BCUT2D eigenvalue weighted by Gasteiger charge is 2.37. The first-order valence-electron chi connectivity index (χ1n) is 9.56. The van der Waals surface area contributed by atoms with Gasteiger partial charge >= 0.3 is 0 Å². The molecule has 30 heavy (non-hydrogen) atoms. The normalized spacial score (nSPS) is 18.7. The monoisotopic (exact) mass is 473 g/mol. The summed E-state index contributed by atoms with van der Waals surface area (Å²) < 4.78 is 43.8. The van der Waals surface area contributed by atoms with Crippen molar-refractivity contribution < 1.29 is 22.3 Å². The maximum atomic E-state index is 14.0. The average molecular weight is 474 g/mol. The Morgan fingerprint density at radius 2 is 2.00 bits per heavy atom. The van der Waals surface area contributed by atoms with Gasteiger partial charge in [-0.1, -0.05) is 48.3 Å². The lowest BCUT2D eigenvalue weighted by Gasteiger charge is -2.32. The number of sulfone groups is 1. The highest BCUT2D eigenvalue weighted by atomic mass is 35.5. The molecule has 0 unspecified atom stereocenters. The molecular formula is C21H22Cl2FNO4S. The molecule has 1 amide bonds. The zero-order valence-electron chi connectivity index (χ0n) is 16.4. The van der Waals surface area contributed by atoms with Crippen molar-refractivity contribution in [2.24, 2.45) is 0 Å². The SMILES string of the molecule is CC[C@@H](Oc1ccccc1F)C(=O)N(Cc1ccc(Cl)cc1Cl)[C@@H]1CCS(=O)(=O)C1. The Balaban J connectivity index is 1.89. The van der Waals surface area contributed by atoms with Crippen LogP contribution < -0.4 is 4.74 Å². The van der Waals surface area contributed by atoms with Crippen molar-refractivity contribution in [3.63, 3.8) is 0 Å². The van der Waals surface area contributed by atoms with Crippen molar-refractivity contribution in [2.75, 3.05) is 11.5 Å². The minimum Gasteiger partial charge on any atom is -0.478 e. The van der Waals surface area contributed by atoms with E-state index in [1.807, 2.05) is 0 Å². The minimum absolute atomic E-state index is 0.0146. The predicted molar refractivity (Wildman–Crippen MR) is 115 cm³/mol. The van der Waals surface area contributed by atoms with Crippen LogP contribution in [0.3, 0.4) is 0 Å². The van der Waals surface area contributed by atoms with Crippen LogP contribution in [0, 0.1) is 5.82 Å². The molecule has 2 atom stereocenters. The molecule has 1 saturated heterocycles. The zero-order valence-corrected chi connectivity index (χ0v) is 18.7. The van der Waals surface area contributed by atoms with Crippen LogP contribution in [0.15, 0.2) is 42.5 Å². The third-order valence-corrected chi connectivity index (χ3v) is 7.38. The topological polar surface area (TPSA) is 63.7 Å². The van der Waals surface area contributed by atoms with E-state index in [4.69, 9.17) is 27.9 Å². The first-order valence-corrected chi connectivity index (χ1v) is 12.1. The summed E-state index contributed by atoms with van der Waals surface area (Å²) in [7, 11) is -3.23. The van der Waals surface area contributed by atoms with E-state index in [0.717, 1.165) is 0 Å². The van der Waals surface area contributed by atoms with Gasteiger partial charge in [0.1, 0.15) is 0 Å². The first kappa shape index (κ1) is 22.8. The van der Waals surface area contributed by atoms with Gasteiger partial charge < -0.3 is 9.64 Å². The van der Waals surface area contributed by atoms with Crippen molar-refractivity contribution in [3.05, 3.63) is 63.9 Å². The molecule has 162 valence electrons. The van der Waals surface area contributed by atoms with Crippen LogP contribution in [0.1, 0.15) is 25.3 Å². The molecule has 1 aliphatic heterocycles. The molecule has 1 heterocycles. The van der Waals surface area contributed by atoms with Crippen LogP contribution in [-0.4, -0.2) is 42.9 Å². The van der Waals surface area contributed by atoms with Gasteiger partial charge in [-0.2, -0.15) is 0 Å². The second-order valence-electron chi connectivity index (χ2n) is 7.20. The number of ether oxygens (including phenoxy) is 1. The number of rotatable bonds is 7. The predicted octanol–water partition coefficient (Wildman–Crippen LogP) is 4.51. The lowest BCUT2D eigenvalue weighted by Crippen LogP contribution is -2.47. The summed E-state index contributed by atoms with van der Waals surface area (Å²) in [5.41, 5.74) is 0.638. The molecule has 0 saturated carbocycles. The molecule has 0 aliphatic carbocycles. The van der Waals surface area contributed by atoms with Gasteiger partial charge in [0.2, 0.25) is 0 Å². The fourth-order valence-corrected chi connectivity index (χ4v) is 5.63. The third-order valence-electron chi connectivity index (χ3n) is 5.04. The van der Waals surface area contributed by atoms with E-state index >= 15 is 0 Å². The summed E-state index contributed by atoms with van der Waals surface area (Å²) >= 11 is 12.2. The highest BCUT2D eigenvalue weighted by Crippen LogP contribution is 2.27. The largest absolute Gasteiger partial charge is 0.478 e. The molecule has 0 spiro atoms. The van der Waals surface area contributed by atoms with E-state index in [-0.39, 0.29) is 30.2 Å². The Morgan fingerprint density at radius 3 is 2.60 bits per heavy atom. The van der Waals surface area contributed by atoms with Crippen LogP contribution in [0.25, 0.3) is 0 Å². The fraction of sp³-hybridized carbons (Fsp3) is 0.381. The molecule has 0 N–H and O–H groups in total. The van der Waals surface area contributed by atoms with Gasteiger partial charge in [-0.3, -0.25) is 4.79 Å². The molecule has 2 aromatic carbocycles. The number of benzene rings is 2.